The fraction of sp³-hybridized carbons (Fsp3) is 0.625. The van der Waals surface area contributed by atoms with Crippen LogP contribution in [0.25, 0.3) is 0 Å². The Morgan fingerprint density at radius 1 is 1.38 bits per heavy atom. The Labute approximate surface area is 125 Å². The number of aromatic nitrogens is 3. The molecule has 5 heteroatoms. The van der Waals surface area contributed by atoms with E-state index >= 15 is 0 Å². The molecule has 1 N–H and O–H groups in total. The molecule has 2 aromatic rings. The summed E-state index contributed by atoms with van der Waals surface area (Å²) in [6, 6.07) is 0.474. The second-order valence-electron chi connectivity index (χ2n) is 5.85. The average Bonchev–Trinajstić information content (AvgIpc) is 3.03. The maximum Gasteiger partial charge on any atom is 0.246 e. The summed E-state index contributed by atoms with van der Waals surface area (Å²) >= 11 is 0. The molecule has 0 fully saturated rings. The highest BCUT2D eigenvalue weighted by Gasteiger charge is 2.19. The summed E-state index contributed by atoms with van der Waals surface area (Å²) < 4.78 is 7.52. The van der Waals surface area contributed by atoms with Crippen molar-refractivity contribution in [1.29, 1.82) is 0 Å². The highest BCUT2D eigenvalue weighted by Crippen LogP contribution is 2.29. The van der Waals surface area contributed by atoms with E-state index in [4.69, 9.17) is 4.52 Å². The number of hydrogen-bond acceptors (Lipinski definition) is 4. The predicted molar refractivity (Wildman–Crippen MR) is 81.2 cm³/mol. The van der Waals surface area contributed by atoms with Crippen LogP contribution in [0.2, 0.25) is 0 Å². The molecule has 5 nitrogen and oxygen atoms in total. The van der Waals surface area contributed by atoms with E-state index in [1.807, 2.05) is 7.05 Å². The minimum absolute atomic E-state index is 0.474. The zero-order valence-corrected chi connectivity index (χ0v) is 12.9. The summed E-state index contributed by atoms with van der Waals surface area (Å²) in [5, 5.41) is 7.45. The lowest BCUT2D eigenvalue weighted by Gasteiger charge is -2.13. The molecule has 1 atom stereocenters. The van der Waals surface area contributed by atoms with E-state index in [1.165, 1.54) is 36.8 Å². The monoisotopic (exact) mass is 288 g/mol. The van der Waals surface area contributed by atoms with Crippen molar-refractivity contribution in [3.8, 4) is 0 Å². The summed E-state index contributed by atoms with van der Waals surface area (Å²) in [6.45, 7) is 2.79. The van der Waals surface area contributed by atoms with Crippen LogP contribution in [-0.2, 0) is 19.4 Å². The van der Waals surface area contributed by atoms with E-state index in [-0.39, 0.29) is 0 Å². The van der Waals surface area contributed by atoms with Crippen LogP contribution in [0.15, 0.2) is 16.9 Å². The topological polar surface area (TPSA) is 55.9 Å². The van der Waals surface area contributed by atoms with Crippen molar-refractivity contribution < 1.29 is 4.52 Å². The van der Waals surface area contributed by atoms with Crippen LogP contribution < -0.4 is 5.32 Å². The number of aryl methyl sites for hydroxylation is 2. The molecular formula is C16H24N4O. The van der Waals surface area contributed by atoms with Crippen LogP contribution in [0, 0.1) is 0 Å². The highest BCUT2D eigenvalue weighted by molar-refractivity contribution is 5.29. The lowest BCUT2D eigenvalue weighted by Crippen LogP contribution is -2.15. The molecule has 21 heavy (non-hydrogen) atoms. The van der Waals surface area contributed by atoms with E-state index < -0.39 is 0 Å². The third-order valence-electron chi connectivity index (χ3n) is 4.21. The molecule has 2 heterocycles. The molecule has 114 valence electrons. The summed E-state index contributed by atoms with van der Waals surface area (Å²) in [7, 11) is 2.05. The zero-order valence-electron chi connectivity index (χ0n) is 12.9. The fourth-order valence-electron chi connectivity index (χ4n) is 3.14. The predicted octanol–water partition coefficient (Wildman–Crippen LogP) is 2.86. The van der Waals surface area contributed by atoms with Crippen molar-refractivity contribution in [3.05, 3.63) is 35.2 Å². The van der Waals surface area contributed by atoms with Gasteiger partial charge in [0.05, 0.1) is 0 Å². The molecule has 1 aliphatic carbocycles. The standard InChI is InChI=1S/C16H24N4O/c1-3-6-15-18-16(21-19-15)11-20-9-12-7-4-5-8-14(17-2)13(12)10-20/h9-10,14,17H,3-8,11H2,1-2H3. The third-order valence-corrected chi connectivity index (χ3v) is 4.21. The van der Waals surface area contributed by atoms with Gasteiger partial charge in [-0.25, -0.2) is 0 Å². The molecular weight excluding hydrogens is 264 g/mol. The van der Waals surface area contributed by atoms with Crippen molar-refractivity contribution in [2.45, 2.75) is 58.0 Å². The van der Waals surface area contributed by atoms with Gasteiger partial charge in [0.15, 0.2) is 5.82 Å². The molecule has 0 saturated carbocycles. The molecule has 0 aromatic carbocycles. The van der Waals surface area contributed by atoms with E-state index in [0.717, 1.165) is 18.7 Å². The molecule has 0 spiro atoms. The van der Waals surface area contributed by atoms with Gasteiger partial charge in [-0.1, -0.05) is 18.5 Å². The molecule has 1 aliphatic rings. The van der Waals surface area contributed by atoms with Gasteiger partial charge in [-0.15, -0.1) is 0 Å². The molecule has 0 saturated heterocycles. The number of rotatable bonds is 5. The van der Waals surface area contributed by atoms with Crippen LogP contribution >= 0.6 is 0 Å². The fourth-order valence-corrected chi connectivity index (χ4v) is 3.14. The first-order chi connectivity index (χ1) is 10.3. The minimum atomic E-state index is 0.474. The number of hydrogen-bond donors (Lipinski definition) is 1. The Kier molecular flexibility index (Phi) is 4.39. The minimum Gasteiger partial charge on any atom is -0.344 e. The van der Waals surface area contributed by atoms with E-state index in [1.54, 1.807) is 0 Å². The second kappa shape index (κ2) is 6.43. The Morgan fingerprint density at radius 3 is 3.10 bits per heavy atom. The van der Waals surface area contributed by atoms with Gasteiger partial charge in [0.2, 0.25) is 5.89 Å². The maximum absolute atomic E-state index is 5.33. The van der Waals surface area contributed by atoms with Gasteiger partial charge in [-0.3, -0.25) is 0 Å². The lowest BCUT2D eigenvalue weighted by atomic mass is 10.1. The van der Waals surface area contributed by atoms with Gasteiger partial charge in [-0.2, -0.15) is 4.98 Å². The van der Waals surface area contributed by atoms with Gasteiger partial charge in [0, 0.05) is 24.9 Å². The van der Waals surface area contributed by atoms with Crippen LogP contribution in [0.4, 0.5) is 0 Å². The Hall–Kier alpha value is -1.62. The van der Waals surface area contributed by atoms with Gasteiger partial charge in [0.1, 0.15) is 6.54 Å². The van der Waals surface area contributed by atoms with Crippen LogP contribution in [0.3, 0.4) is 0 Å². The van der Waals surface area contributed by atoms with Gasteiger partial charge in [0.25, 0.3) is 0 Å². The van der Waals surface area contributed by atoms with Crippen LogP contribution in [0.1, 0.15) is 61.5 Å². The zero-order chi connectivity index (χ0) is 14.7. The molecule has 1 unspecified atom stereocenters. The largest absolute Gasteiger partial charge is 0.344 e. The normalized spacial score (nSPS) is 18.5. The average molecular weight is 288 g/mol. The van der Waals surface area contributed by atoms with Gasteiger partial charge >= 0.3 is 0 Å². The second-order valence-corrected chi connectivity index (χ2v) is 5.85. The first-order valence-electron chi connectivity index (χ1n) is 7.97. The summed E-state index contributed by atoms with van der Waals surface area (Å²) in [5.74, 6) is 1.51. The summed E-state index contributed by atoms with van der Waals surface area (Å²) in [6.07, 6.45) is 11.4. The number of nitrogens with zero attached hydrogens (tertiary/aromatic N) is 3. The molecule has 2 aromatic heterocycles. The Morgan fingerprint density at radius 2 is 2.29 bits per heavy atom. The van der Waals surface area contributed by atoms with Crippen molar-refractivity contribution in [1.82, 2.24) is 20.0 Å². The molecule has 3 rings (SSSR count). The number of fused-ring (bicyclic) bond motifs is 1. The molecule has 0 bridgehead atoms. The summed E-state index contributed by atoms with van der Waals surface area (Å²) in [5.41, 5.74) is 2.89. The quantitative estimate of drug-likeness (QED) is 0.860. The van der Waals surface area contributed by atoms with E-state index in [9.17, 15) is 0 Å². The third kappa shape index (κ3) is 3.18. The van der Waals surface area contributed by atoms with Gasteiger partial charge < -0.3 is 14.4 Å². The van der Waals surface area contributed by atoms with Crippen molar-refractivity contribution >= 4 is 0 Å². The maximum atomic E-state index is 5.33. The Bertz CT molecular complexity index is 587. The lowest BCUT2D eigenvalue weighted by molar-refractivity contribution is 0.366. The summed E-state index contributed by atoms with van der Waals surface area (Å²) in [4.78, 5) is 4.44. The van der Waals surface area contributed by atoms with E-state index in [2.05, 4.69) is 39.3 Å². The van der Waals surface area contributed by atoms with Crippen molar-refractivity contribution in [2.75, 3.05) is 7.05 Å². The Balaban J connectivity index is 1.77. The van der Waals surface area contributed by atoms with Gasteiger partial charge in [-0.05, 0) is 43.9 Å². The SMILES string of the molecule is CCCc1noc(Cn2cc3c(c2)C(NC)CCCC3)n1. The highest BCUT2D eigenvalue weighted by atomic mass is 16.5. The molecule has 0 radical (unpaired) electrons. The first-order valence-corrected chi connectivity index (χ1v) is 7.97. The van der Waals surface area contributed by atoms with Crippen molar-refractivity contribution in [3.63, 3.8) is 0 Å². The van der Waals surface area contributed by atoms with Crippen LogP contribution in [0.5, 0.6) is 0 Å². The molecule has 0 amide bonds. The smallest absolute Gasteiger partial charge is 0.246 e. The van der Waals surface area contributed by atoms with Crippen LogP contribution in [-0.4, -0.2) is 21.8 Å². The van der Waals surface area contributed by atoms with Crippen molar-refractivity contribution in [2.24, 2.45) is 0 Å². The number of nitrogens with one attached hydrogen (secondary N) is 1. The molecule has 0 aliphatic heterocycles. The first kappa shape index (κ1) is 14.3. The van der Waals surface area contributed by atoms with E-state index in [0.29, 0.717) is 18.5 Å².